The van der Waals surface area contributed by atoms with Crippen LogP contribution in [-0.2, 0) is 5.75 Å². The molecule has 1 unspecified atom stereocenters. The van der Waals surface area contributed by atoms with Gasteiger partial charge in [-0.3, -0.25) is 0 Å². The fourth-order valence-corrected chi connectivity index (χ4v) is 3.41. The maximum absolute atomic E-state index is 5.89. The average Bonchev–Trinajstić information content (AvgIpc) is 3.42. The molecule has 0 radical (unpaired) electrons. The van der Waals surface area contributed by atoms with Crippen molar-refractivity contribution in [3.8, 4) is 22.8 Å². The van der Waals surface area contributed by atoms with E-state index in [-0.39, 0.29) is 0 Å². The van der Waals surface area contributed by atoms with E-state index >= 15 is 0 Å². The molecule has 0 bridgehead atoms. The number of aromatic nitrogens is 3. The Bertz CT molecular complexity index is 1080. The molecule has 7 nitrogen and oxygen atoms in total. The van der Waals surface area contributed by atoms with Gasteiger partial charge in [-0.15, -0.1) is 10.2 Å². The first-order chi connectivity index (χ1) is 13.8. The summed E-state index contributed by atoms with van der Waals surface area (Å²) in [5.74, 6) is 3.57. The molecule has 0 aliphatic carbocycles. The molecule has 2 aromatic heterocycles. The van der Waals surface area contributed by atoms with E-state index in [1.54, 1.807) is 6.20 Å². The molecule has 0 amide bonds. The van der Waals surface area contributed by atoms with E-state index < -0.39 is 6.10 Å². The largest absolute Gasteiger partial charge is 0.485 e. The van der Waals surface area contributed by atoms with E-state index in [1.807, 2.05) is 54.6 Å². The minimum Gasteiger partial charge on any atom is -0.485 e. The van der Waals surface area contributed by atoms with Crippen molar-refractivity contribution >= 4 is 11.8 Å². The van der Waals surface area contributed by atoms with E-state index in [9.17, 15) is 0 Å². The molecule has 4 aromatic rings. The Labute approximate surface area is 164 Å². The predicted octanol–water partition coefficient (Wildman–Crippen LogP) is 4.53. The van der Waals surface area contributed by atoms with E-state index in [1.165, 1.54) is 11.8 Å². The van der Waals surface area contributed by atoms with Crippen LogP contribution in [0.4, 0.5) is 0 Å². The van der Waals surface area contributed by atoms with Gasteiger partial charge in [0.05, 0.1) is 11.9 Å². The highest BCUT2D eigenvalue weighted by molar-refractivity contribution is 7.98. The van der Waals surface area contributed by atoms with Crippen molar-refractivity contribution in [1.82, 2.24) is 15.2 Å². The first kappa shape index (κ1) is 16.9. The number of para-hydroxylation sites is 2. The lowest BCUT2D eigenvalue weighted by Gasteiger charge is -2.23. The van der Waals surface area contributed by atoms with Crippen LogP contribution in [0.1, 0.15) is 17.9 Å². The summed E-state index contributed by atoms with van der Waals surface area (Å²) in [7, 11) is 0. The van der Waals surface area contributed by atoms with Crippen molar-refractivity contribution < 1.29 is 18.3 Å². The maximum Gasteiger partial charge on any atom is 0.277 e. The predicted molar refractivity (Wildman–Crippen MR) is 101 cm³/mol. The molecule has 28 heavy (non-hydrogen) atoms. The fourth-order valence-electron chi connectivity index (χ4n) is 2.79. The Kier molecular flexibility index (Phi) is 4.46. The van der Waals surface area contributed by atoms with Gasteiger partial charge in [-0.05, 0) is 12.1 Å². The summed E-state index contributed by atoms with van der Waals surface area (Å²) in [6, 6.07) is 17.3. The Morgan fingerprint density at radius 1 is 0.929 bits per heavy atom. The number of oxazole rings is 1. The second-order valence-corrected chi connectivity index (χ2v) is 6.97. The standard InChI is InChI=1S/C20H15N3O4S/c1-2-6-13(7-3-1)16-10-21-18(26-16)12-28-20-23-22-19(27-20)17-11-24-14-8-4-5-9-15(14)25-17/h1-10,17H,11-12H2. The number of nitrogens with zero attached hydrogens (tertiary/aromatic N) is 3. The van der Waals surface area contributed by atoms with Crippen molar-refractivity contribution in [3.63, 3.8) is 0 Å². The molecule has 0 N–H and O–H groups in total. The quantitative estimate of drug-likeness (QED) is 0.457. The number of hydrogen-bond donors (Lipinski definition) is 0. The lowest BCUT2D eigenvalue weighted by Crippen LogP contribution is -2.21. The van der Waals surface area contributed by atoms with Crippen LogP contribution in [0.2, 0.25) is 0 Å². The zero-order valence-corrected chi connectivity index (χ0v) is 15.5. The van der Waals surface area contributed by atoms with E-state index in [0.29, 0.717) is 40.9 Å². The van der Waals surface area contributed by atoms with Gasteiger partial charge in [-0.25, -0.2) is 4.98 Å². The molecule has 0 saturated heterocycles. The molecule has 1 aliphatic rings. The van der Waals surface area contributed by atoms with Crippen molar-refractivity contribution in [2.75, 3.05) is 6.61 Å². The first-order valence-electron chi connectivity index (χ1n) is 8.70. The van der Waals surface area contributed by atoms with Crippen LogP contribution < -0.4 is 9.47 Å². The van der Waals surface area contributed by atoms with Crippen molar-refractivity contribution in [1.29, 1.82) is 0 Å². The zero-order chi connectivity index (χ0) is 18.8. The number of benzene rings is 2. The van der Waals surface area contributed by atoms with Crippen LogP contribution in [-0.4, -0.2) is 21.8 Å². The van der Waals surface area contributed by atoms with Crippen molar-refractivity contribution in [2.45, 2.75) is 17.1 Å². The van der Waals surface area contributed by atoms with Crippen molar-refractivity contribution in [3.05, 3.63) is 72.6 Å². The molecule has 1 atom stereocenters. The Balaban J connectivity index is 1.23. The average molecular weight is 393 g/mol. The molecule has 8 heteroatoms. The van der Waals surface area contributed by atoms with Gasteiger partial charge < -0.3 is 18.3 Å². The van der Waals surface area contributed by atoms with Crippen LogP contribution in [0.15, 0.2) is 74.9 Å². The van der Waals surface area contributed by atoms with E-state index in [4.69, 9.17) is 18.3 Å². The Morgan fingerprint density at radius 2 is 1.75 bits per heavy atom. The fraction of sp³-hybridized carbons (Fsp3) is 0.150. The van der Waals surface area contributed by atoms with E-state index in [0.717, 1.165) is 11.3 Å². The molecule has 3 heterocycles. The number of thioether (sulfide) groups is 1. The summed E-state index contributed by atoms with van der Waals surface area (Å²) in [5.41, 5.74) is 0.987. The summed E-state index contributed by atoms with van der Waals surface area (Å²) < 4.78 is 23.1. The molecule has 0 spiro atoms. The summed E-state index contributed by atoms with van der Waals surface area (Å²) in [5, 5.41) is 8.58. The highest BCUT2D eigenvalue weighted by Gasteiger charge is 2.27. The van der Waals surface area contributed by atoms with Crippen molar-refractivity contribution in [2.24, 2.45) is 0 Å². The molecule has 0 saturated carbocycles. The van der Waals surface area contributed by atoms with Crippen LogP contribution in [0.3, 0.4) is 0 Å². The van der Waals surface area contributed by atoms with Gasteiger partial charge in [0.25, 0.3) is 11.1 Å². The van der Waals surface area contributed by atoms with Crippen LogP contribution in [0.5, 0.6) is 11.5 Å². The molecule has 140 valence electrons. The molecule has 1 aliphatic heterocycles. The minimum atomic E-state index is -0.428. The lowest BCUT2D eigenvalue weighted by molar-refractivity contribution is 0.0686. The van der Waals surface area contributed by atoms with E-state index in [2.05, 4.69) is 15.2 Å². The Hall–Kier alpha value is -3.26. The summed E-state index contributed by atoms with van der Waals surface area (Å²) in [6.07, 6.45) is 1.29. The van der Waals surface area contributed by atoms with Crippen LogP contribution in [0.25, 0.3) is 11.3 Å². The molecular weight excluding hydrogens is 378 g/mol. The van der Waals surface area contributed by atoms with Gasteiger partial charge in [0, 0.05) is 5.56 Å². The number of hydrogen-bond acceptors (Lipinski definition) is 8. The van der Waals surface area contributed by atoms with Crippen LogP contribution >= 0.6 is 11.8 Å². The topological polar surface area (TPSA) is 83.4 Å². The van der Waals surface area contributed by atoms with Gasteiger partial charge in [-0.1, -0.05) is 54.2 Å². The normalized spacial score (nSPS) is 15.5. The monoisotopic (exact) mass is 393 g/mol. The van der Waals surface area contributed by atoms with Gasteiger partial charge in [0.15, 0.2) is 17.3 Å². The maximum atomic E-state index is 5.89. The second kappa shape index (κ2) is 7.40. The van der Waals surface area contributed by atoms with Gasteiger partial charge in [0.2, 0.25) is 12.0 Å². The molecule has 0 fully saturated rings. The third kappa shape index (κ3) is 3.46. The van der Waals surface area contributed by atoms with Gasteiger partial charge in [-0.2, -0.15) is 0 Å². The molecule has 5 rings (SSSR count). The molecule has 2 aromatic carbocycles. The smallest absolute Gasteiger partial charge is 0.277 e. The summed E-state index contributed by atoms with van der Waals surface area (Å²) in [6.45, 7) is 0.323. The van der Waals surface area contributed by atoms with Gasteiger partial charge >= 0.3 is 0 Å². The first-order valence-corrected chi connectivity index (χ1v) is 9.68. The summed E-state index contributed by atoms with van der Waals surface area (Å²) in [4.78, 5) is 4.31. The third-order valence-corrected chi connectivity index (χ3v) is 4.94. The lowest BCUT2D eigenvalue weighted by atomic mass is 10.2. The SMILES string of the molecule is c1ccc(-c2cnc(CSc3nnc(C4COc5ccccc5O4)o3)o2)cc1. The zero-order valence-electron chi connectivity index (χ0n) is 14.6. The van der Waals surface area contributed by atoms with Gasteiger partial charge in [0.1, 0.15) is 6.61 Å². The van der Waals surface area contributed by atoms with Crippen LogP contribution in [0, 0.1) is 0 Å². The Morgan fingerprint density at radius 3 is 2.64 bits per heavy atom. The molecular formula is C20H15N3O4S. The summed E-state index contributed by atoms with van der Waals surface area (Å²) >= 11 is 1.36. The number of fused-ring (bicyclic) bond motifs is 1. The highest BCUT2D eigenvalue weighted by atomic mass is 32.2. The third-order valence-electron chi connectivity index (χ3n) is 4.14. The number of rotatable bonds is 5. The second-order valence-electron chi connectivity index (χ2n) is 6.04. The minimum absolute atomic E-state index is 0.323. The highest BCUT2D eigenvalue weighted by Crippen LogP contribution is 2.36. The number of ether oxygens (including phenoxy) is 2.